The minimum Gasteiger partial charge on any atom is -0.481 e. The number of carbonyl (C=O) groups is 1. The predicted octanol–water partition coefficient (Wildman–Crippen LogP) is 4.05. The van der Waals surface area contributed by atoms with Crippen molar-refractivity contribution in [3.63, 3.8) is 0 Å². The van der Waals surface area contributed by atoms with E-state index in [1.807, 2.05) is 6.08 Å². The zero-order valence-electron chi connectivity index (χ0n) is 14.0. The van der Waals surface area contributed by atoms with Gasteiger partial charge in [0.05, 0.1) is 12.2 Å². The summed E-state index contributed by atoms with van der Waals surface area (Å²) in [5, 5.41) is 28.2. The van der Waals surface area contributed by atoms with E-state index in [4.69, 9.17) is 5.11 Å². The molecule has 0 heterocycles. The Morgan fingerprint density at radius 3 is 2.27 bits per heavy atom. The second-order valence-corrected chi connectivity index (χ2v) is 6.04. The number of aliphatic carboxylic acids is 1. The van der Waals surface area contributed by atoms with E-state index in [0.717, 1.165) is 38.5 Å². The molecule has 0 rings (SSSR count). The molecule has 4 nitrogen and oxygen atoms in total. The monoisotopic (exact) mass is 314 g/mol. The van der Waals surface area contributed by atoms with Crippen molar-refractivity contribution in [2.75, 3.05) is 0 Å². The molecular weight excluding hydrogens is 280 g/mol. The molecule has 0 aromatic carbocycles. The van der Waals surface area contributed by atoms with Crippen molar-refractivity contribution in [3.8, 4) is 0 Å². The summed E-state index contributed by atoms with van der Waals surface area (Å²) in [5.74, 6) is -0.735. The lowest BCUT2D eigenvalue weighted by Crippen LogP contribution is -2.25. The minimum atomic E-state index is -0.735. The zero-order chi connectivity index (χ0) is 16.6. The van der Waals surface area contributed by atoms with Crippen molar-refractivity contribution in [2.45, 2.75) is 96.2 Å². The van der Waals surface area contributed by atoms with Crippen LogP contribution in [0.1, 0.15) is 84.0 Å². The first-order chi connectivity index (χ1) is 10.6. The predicted molar refractivity (Wildman–Crippen MR) is 89.9 cm³/mol. The molecule has 2 atom stereocenters. The topological polar surface area (TPSA) is 77.8 Å². The lowest BCUT2D eigenvalue weighted by atomic mass is 10.0. The fraction of sp³-hybridized carbons (Fsp3) is 0.833. The van der Waals surface area contributed by atoms with Gasteiger partial charge in [0, 0.05) is 6.42 Å². The van der Waals surface area contributed by atoms with Crippen LogP contribution >= 0.6 is 0 Å². The highest BCUT2D eigenvalue weighted by molar-refractivity contribution is 5.66. The maximum atomic E-state index is 10.3. The number of rotatable bonds is 15. The van der Waals surface area contributed by atoms with E-state index in [2.05, 4.69) is 13.0 Å². The molecule has 0 amide bonds. The second kappa shape index (κ2) is 15.0. The first-order valence-corrected chi connectivity index (χ1v) is 8.80. The molecule has 0 radical (unpaired) electrons. The van der Waals surface area contributed by atoms with Crippen LogP contribution in [0.25, 0.3) is 0 Å². The van der Waals surface area contributed by atoms with E-state index in [1.165, 1.54) is 19.3 Å². The van der Waals surface area contributed by atoms with E-state index in [1.54, 1.807) is 0 Å². The van der Waals surface area contributed by atoms with Gasteiger partial charge in [-0.05, 0) is 32.1 Å². The largest absolute Gasteiger partial charge is 0.481 e. The van der Waals surface area contributed by atoms with Gasteiger partial charge in [0.1, 0.15) is 0 Å². The molecule has 0 bridgehead atoms. The fourth-order valence-corrected chi connectivity index (χ4v) is 2.38. The fourth-order valence-electron chi connectivity index (χ4n) is 2.38. The molecule has 0 aliphatic heterocycles. The Morgan fingerprint density at radius 1 is 0.909 bits per heavy atom. The van der Waals surface area contributed by atoms with Crippen LogP contribution in [-0.2, 0) is 4.79 Å². The first kappa shape index (κ1) is 21.1. The number of hydrogen-bond donors (Lipinski definition) is 3. The Morgan fingerprint density at radius 2 is 1.59 bits per heavy atom. The third-order valence-electron chi connectivity index (χ3n) is 3.85. The average Bonchev–Trinajstić information content (AvgIpc) is 2.49. The van der Waals surface area contributed by atoms with Gasteiger partial charge in [-0.3, -0.25) is 4.79 Å². The van der Waals surface area contributed by atoms with Crippen LogP contribution in [0.4, 0.5) is 0 Å². The maximum absolute atomic E-state index is 10.3. The Balaban J connectivity index is 3.49. The van der Waals surface area contributed by atoms with Gasteiger partial charge in [0.2, 0.25) is 0 Å². The van der Waals surface area contributed by atoms with Crippen LogP contribution in [-0.4, -0.2) is 33.5 Å². The Hall–Kier alpha value is -0.870. The molecule has 0 saturated heterocycles. The maximum Gasteiger partial charge on any atom is 0.303 e. The van der Waals surface area contributed by atoms with Gasteiger partial charge in [-0.1, -0.05) is 57.6 Å². The third-order valence-corrected chi connectivity index (χ3v) is 3.85. The van der Waals surface area contributed by atoms with Crippen molar-refractivity contribution in [1.29, 1.82) is 0 Å². The van der Waals surface area contributed by atoms with E-state index >= 15 is 0 Å². The van der Waals surface area contributed by atoms with Gasteiger partial charge >= 0.3 is 5.97 Å². The smallest absolute Gasteiger partial charge is 0.303 e. The molecule has 0 aliphatic rings. The molecule has 3 N–H and O–H groups in total. The molecule has 4 heteroatoms. The van der Waals surface area contributed by atoms with E-state index < -0.39 is 18.2 Å². The number of carboxylic acid groups (broad SMARTS) is 1. The van der Waals surface area contributed by atoms with Gasteiger partial charge in [0.15, 0.2) is 0 Å². The van der Waals surface area contributed by atoms with Crippen molar-refractivity contribution >= 4 is 5.97 Å². The summed E-state index contributed by atoms with van der Waals surface area (Å²) in [4.78, 5) is 10.3. The number of aliphatic hydroxyl groups excluding tert-OH is 2. The summed E-state index contributed by atoms with van der Waals surface area (Å²) >= 11 is 0. The van der Waals surface area contributed by atoms with E-state index in [-0.39, 0.29) is 6.42 Å². The summed E-state index contributed by atoms with van der Waals surface area (Å²) < 4.78 is 0. The van der Waals surface area contributed by atoms with E-state index in [0.29, 0.717) is 12.8 Å². The molecule has 0 saturated carbocycles. The zero-order valence-corrected chi connectivity index (χ0v) is 14.0. The van der Waals surface area contributed by atoms with Crippen LogP contribution in [0.2, 0.25) is 0 Å². The van der Waals surface area contributed by atoms with Gasteiger partial charge < -0.3 is 15.3 Å². The molecule has 0 aromatic heterocycles. The summed E-state index contributed by atoms with van der Waals surface area (Å²) in [6.45, 7) is 2.18. The molecule has 130 valence electrons. The molecule has 0 aliphatic carbocycles. The van der Waals surface area contributed by atoms with Crippen LogP contribution in [0.15, 0.2) is 12.2 Å². The summed E-state index contributed by atoms with van der Waals surface area (Å²) in [6.07, 6.45) is 13.3. The number of carboxylic acids is 1. The standard InChI is InChI=1S/C18H34O4/c1-2-3-4-5-7-10-13-16(19)17(20)14-11-8-6-9-12-15-18(21)22/h7,10,16-17,19-20H,2-6,8-9,11-15H2,1H3,(H,21,22)/t16-,17+/m1/s1. The van der Waals surface area contributed by atoms with E-state index in [9.17, 15) is 15.0 Å². The molecule has 22 heavy (non-hydrogen) atoms. The van der Waals surface area contributed by atoms with Crippen molar-refractivity contribution in [3.05, 3.63) is 12.2 Å². The number of unbranched alkanes of at least 4 members (excludes halogenated alkanes) is 7. The van der Waals surface area contributed by atoms with Gasteiger partial charge in [-0.15, -0.1) is 0 Å². The first-order valence-electron chi connectivity index (χ1n) is 8.80. The number of allylic oxidation sites excluding steroid dienone is 1. The Bertz CT molecular complexity index is 289. The lowest BCUT2D eigenvalue weighted by molar-refractivity contribution is -0.137. The van der Waals surface area contributed by atoms with Crippen molar-refractivity contribution in [1.82, 2.24) is 0 Å². The third kappa shape index (κ3) is 14.1. The highest BCUT2D eigenvalue weighted by Crippen LogP contribution is 2.12. The van der Waals surface area contributed by atoms with Gasteiger partial charge in [0.25, 0.3) is 0 Å². The molecule has 0 unspecified atom stereocenters. The molecule has 0 spiro atoms. The van der Waals surface area contributed by atoms with Gasteiger partial charge in [-0.2, -0.15) is 0 Å². The number of hydrogen-bond acceptors (Lipinski definition) is 3. The molecule has 0 aromatic rings. The summed E-state index contributed by atoms with van der Waals surface area (Å²) in [7, 11) is 0. The second-order valence-electron chi connectivity index (χ2n) is 6.04. The summed E-state index contributed by atoms with van der Waals surface area (Å²) in [6, 6.07) is 0. The highest BCUT2D eigenvalue weighted by atomic mass is 16.4. The van der Waals surface area contributed by atoms with Crippen molar-refractivity contribution in [2.24, 2.45) is 0 Å². The van der Waals surface area contributed by atoms with Gasteiger partial charge in [-0.25, -0.2) is 0 Å². The van der Waals surface area contributed by atoms with Crippen LogP contribution < -0.4 is 0 Å². The molecule has 0 fully saturated rings. The van der Waals surface area contributed by atoms with Crippen LogP contribution in [0.5, 0.6) is 0 Å². The Labute approximate surface area is 135 Å². The SMILES string of the molecule is CCCCCC=CC[C@@H](O)[C@@H](O)CCCCCCCC(=O)O. The Kier molecular flexibility index (Phi) is 14.4. The van der Waals surface area contributed by atoms with Crippen LogP contribution in [0.3, 0.4) is 0 Å². The lowest BCUT2D eigenvalue weighted by Gasteiger charge is -2.16. The number of aliphatic hydroxyl groups is 2. The minimum absolute atomic E-state index is 0.242. The quantitative estimate of drug-likeness (QED) is 0.315. The summed E-state index contributed by atoms with van der Waals surface area (Å²) in [5.41, 5.74) is 0. The average molecular weight is 314 g/mol. The highest BCUT2D eigenvalue weighted by Gasteiger charge is 2.13. The van der Waals surface area contributed by atoms with Crippen molar-refractivity contribution < 1.29 is 20.1 Å². The molecular formula is C18H34O4. The normalized spacial score (nSPS) is 14.3. The van der Waals surface area contributed by atoms with Crippen LogP contribution in [0, 0.1) is 0 Å².